The van der Waals surface area contributed by atoms with Crippen LogP contribution in [-0.4, -0.2) is 12.5 Å². The Bertz CT molecular complexity index is 664. The molecule has 0 unspecified atom stereocenters. The van der Waals surface area contributed by atoms with Crippen molar-refractivity contribution in [2.45, 2.75) is 19.8 Å². The Kier molecular flexibility index (Phi) is 7.90. The van der Waals surface area contributed by atoms with Crippen molar-refractivity contribution in [3.05, 3.63) is 64.7 Å². The fourth-order valence-corrected chi connectivity index (χ4v) is 2.22. The molecule has 0 spiro atoms. The van der Waals surface area contributed by atoms with Crippen LogP contribution in [0.2, 0.25) is 5.02 Å². The third-order valence-electron chi connectivity index (χ3n) is 3.27. The summed E-state index contributed by atoms with van der Waals surface area (Å²) in [5, 5.41) is 0.518. The van der Waals surface area contributed by atoms with Gasteiger partial charge in [0.05, 0.1) is 5.69 Å². The molecule has 0 aromatic heterocycles. The van der Waals surface area contributed by atoms with E-state index >= 15 is 0 Å². The minimum absolute atomic E-state index is 0. The van der Waals surface area contributed by atoms with Gasteiger partial charge in [0.2, 0.25) is 0 Å². The molecule has 0 radical (unpaired) electrons. The molecule has 0 bridgehead atoms. The summed E-state index contributed by atoms with van der Waals surface area (Å²) in [6, 6.07) is 9.60. The van der Waals surface area contributed by atoms with Crippen molar-refractivity contribution >= 4 is 23.2 Å². The predicted molar refractivity (Wildman–Crippen MR) is 84.4 cm³/mol. The molecule has 0 atom stereocenters. The molecule has 0 heterocycles. The number of nitrogens with zero attached hydrogens (tertiary/aromatic N) is 1. The molecule has 0 aliphatic heterocycles. The van der Waals surface area contributed by atoms with Crippen LogP contribution in [0.4, 0.5) is 14.5 Å². The van der Waals surface area contributed by atoms with Crippen LogP contribution in [0.25, 0.3) is 0 Å². The number of carbonyl (C=O) groups excluding carboxylic acids is 1. The van der Waals surface area contributed by atoms with Crippen molar-refractivity contribution < 1.29 is 35.3 Å². The first kappa shape index (κ1) is 19.8. The maximum atomic E-state index is 14.0. The minimum Gasteiger partial charge on any atom is -0.306 e. The van der Waals surface area contributed by atoms with Gasteiger partial charge in [0, 0.05) is 44.9 Å². The molecule has 2 nitrogen and oxygen atoms in total. The van der Waals surface area contributed by atoms with E-state index in [0.29, 0.717) is 17.1 Å². The predicted octanol–water partition coefficient (Wildman–Crippen LogP) is 5.06. The van der Waals surface area contributed by atoms with Crippen LogP contribution in [-0.2, 0) is 21.7 Å². The maximum Gasteiger partial charge on any atom is 0.258 e. The topological polar surface area (TPSA) is 20.3 Å². The Balaban J connectivity index is 0.00000264. The number of halogens is 3. The second kappa shape index (κ2) is 9.16. The SMILES string of the molecule is CCCCN(C(=O)c1ccc(Cl)cc1)c1ccc(F)cc1F.[Ti]. The molecule has 0 aliphatic carbocycles. The summed E-state index contributed by atoms with van der Waals surface area (Å²) in [6.45, 7) is 2.34. The summed E-state index contributed by atoms with van der Waals surface area (Å²) >= 11 is 5.81. The average Bonchev–Trinajstić information content (AvgIpc) is 2.49. The van der Waals surface area contributed by atoms with Gasteiger partial charge in [-0.1, -0.05) is 24.9 Å². The molecule has 1 amide bonds. The monoisotopic (exact) mass is 371 g/mol. The van der Waals surface area contributed by atoms with E-state index in [9.17, 15) is 13.6 Å². The molecule has 2 aromatic rings. The van der Waals surface area contributed by atoms with E-state index in [1.54, 1.807) is 24.3 Å². The second-order valence-electron chi connectivity index (χ2n) is 4.91. The van der Waals surface area contributed by atoms with E-state index in [1.165, 1.54) is 11.0 Å². The fourth-order valence-electron chi connectivity index (χ4n) is 2.10. The number of rotatable bonds is 5. The quantitative estimate of drug-likeness (QED) is 0.673. The summed E-state index contributed by atoms with van der Waals surface area (Å²) in [7, 11) is 0. The van der Waals surface area contributed by atoms with Crippen LogP contribution in [0.1, 0.15) is 30.1 Å². The molecule has 2 rings (SSSR count). The largest absolute Gasteiger partial charge is 0.306 e. The van der Waals surface area contributed by atoms with Crippen LogP contribution in [0.3, 0.4) is 0 Å². The summed E-state index contributed by atoms with van der Waals surface area (Å²) in [6.07, 6.45) is 1.57. The van der Waals surface area contributed by atoms with Crippen molar-refractivity contribution in [3.8, 4) is 0 Å². The van der Waals surface area contributed by atoms with Gasteiger partial charge in [0.15, 0.2) is 0 Å². The number of hydrogen-bond acceptors (Lipinski definition) is 1. The third kappa shape index (κ3) is 5.13. The number of carbonyl (C=O) groups is 1. The standard InChI is InChI=1S/C17H16ClF2NO.Ti/c1-2-3-10-21(16-9-8-14(19)11-15(16)20)17(22)12-4-6-13(18)7-5-12;/h4-9,11H,2-3,10H2,1H3;. The maximum absolute atomic E-state index is 14.0. The zero-order valence-corrected chi connectivity index (χ0v) is 15.0. The Morgan fingerprint density at radius 3 is 2.35 bits per heavy atom. The van der Waals surface area contributed by atoms with Crippen molar-refractivity contribution in [2.24, 2.45) is 0 Å². The molecular weight excluding hydrogens is 356 g/mol. The Labute approximate surface area is 154 Å². The van der Waals surface area contributed by atoms with E-state index in [0.717, 1.165) is 25.0 Å². The summed E-state index contributed by atoms with van der Waals surface area (Å²) < 4.78 is 27.1. The molecule has 2 aromatic carbocycles. The van der Waals surface area contributed by atoms with Gasteiger partial charge in [-0.2, -0.15) is 0 Å². The van der Waals surface area contributed by atoms with Crippen molar-refractivity contribution in [3.63, 3.8) is 0 Å². The van der Waals surface area contributed by atoms with Crippen LogP contribution in [0.15, 0.2) is 42.5 Å². The minimum atomic E-state index is -0.751. The first-order valence-electron chi connectivity index (χ1n) is 7.05. The van der Waals surface area contributed by atoms with Gasteiger partial charge < -0.3 is 4.90 Å². The Morgan fingerprint density at radius 2 is 1.78 bits per heavy atom. The van der Waals surface area contributed by atoms with Gasteiger partial charge in [-0.25, -0.2) is 8.78 Å². The number of benzene rings is 2. The summed E-state index contributed by atoms with van der Waals surface area (Å²) in [5.74, 6) is -1.76. The van der Waals surface area contributed by atoms with E-state index in [2.05, 4.69) is 0 Å². The van der Waals surface area contributed by atoms with Crippen LogP contribution in [0.5, 0.6) is 0 Å². The van der Waals surface area contributed by atoms with Gasteiger partial charge >= 0.3 is 0 Å². The summed E-state index contributed by atoms with van der Waals surface area (Å²) in [4.78, 5) is 14.0. The van der Waals surface area contributed by atoms with E-state index in [4.69, 9.17) is 11.6 Å². The molecule has 6 heteroatoms. The first-order chi connectivity index (χ1) is 10.5. The fraction of sp³-hybridized carbons (Fsp3) is 0.235. The zero-order valence-electron chi connectivity index (χ0n) is 12.7. The number of anilines is 1. The van der Waals surface area contributed by atoms with Crippen molar-refractivity contribution in [1.29, 1.82) is 0 Å². The molecule has 0 N–H and O–H groups in total. The van der Waals surface area contributed by atoms with Gasteiger partial charge in [0.25, 0.3) is 5.91 Å². The average molecular weight is 372 g/mol. The van der Waals surface area contributed by atoms with Gasteiger partial charge in [-0.05, 0) is 42.8 Å². The Morgan fingerprint density at radius 1 is 1.13 bits per heavy atom. The molecule has 120 valence electrons. The normalized spacial score (nSPS) is 10.1. The van der Waals surface area contributed by atoms with Crippen molar-refractivity contribution in [2.75, 3.05) is 11.4 Å². The zero-order chi connectivity index (χ0) is 16.1. The number of amides is 1. The van der Waals surface area contributed by atoms with Crippen LogP contribution >= 0.6 is 11.6 Å². The van der Waals surface area contributed by atoms with Gasteiger partial charge in [-0.15, -0.1) is 0 Å². The molecule has 0 aliphatic rings. The molecule has 23 heavy (non-hydrogen) atoms. The number of unbranched alkanes of at least 4 members (excludes halogenated alkanes) is 1. The first-order valence-corrected chi connectivity index (χ1v) is 7.43. The molecular formula is C17H16ClF2NOTi. The molecule has 0 fully saturated rings. The van der Waals surface area contributed by atoms with Crippen LogP contribution < -0.4 is 4.90 Å². The van der Waals surface area contributed by atoms with Crippen LogP contribution in [0, 0.1) is 11.6 Å². The smallest absolute Gasteiger partial charge is 0.258 e. The molecule has 0 saturated heterocycles. The summed E-state index contributed by atoms with van der Waals surface area (Å²) in [5.41, 5.74) is 0.485. The Hall–Kier alpha value is -1.23. The number of hydrogen-bond donors (Lipinski definition) is 0. The molecule has 0 saturated carbocycles. The van der Waals surface area contributed by atoms with E-state index in [1.807, 2.05) is 6.92 Å². The second-order valence-corrected chi connectivity index (χ2v) is 5.35. The van der Waals surface area contributed by atoms with E-state index in [-0.39, 0.29) is 33.3 Å². The van der Waals surface area contributed by atoms with Gasteiger partial charge in [-0.3, -0.25) is 4.79 Å². The van der Waals surface area contributed by atoms with E-state index < -0.39 is 11.6 Å². The third-order valence-corrected chi connectivity index (χ3v) is 3.52. The van der Waals surface area contributed by atoms with Gasteiger partial charge in [0.1, 0.15) is 11.6 Å². The van der Waals surface area contributed by atoms with Crippen molar-refractivity contribution in [1.82, 2.24) is 0 Å².